The van der Waals surface area contributed by atoms with Gasteiger partial charge < -0.3 is 14.8 Å². The highest BCUT2D eigenvalue weighted by atomic mass is 16.5. The number of H-pyrrole nitrogens is 1. The van der Waals surface area contributed by atoms with Gasteiger partial charge in [0.15, 0.2) is 11.5 Å². The number of aromatic nitrogens is 7. The molecule has 0 saturated heterocycles. The topological polar surface area (TPSA) is 127 Å². The van der Waals surface area contributed by atoms with Crippen molar-refractivity contribution in [2.24, 2.45) is 0 Å². The summed E-state index contributed by atoms with van der Waals surface area (Å²) >= 11 is 0. The van der Waals surface area contributed by atoms with E-state index in [1.807, 2.05) is 30.1 Å². The maximum Gasteiger partial charge on any atom is 0.315 e. The second-order valence-corrected chi connectivity index (χ2v) is 12.0. The van der Waals surface area contributed by atoms with Crippen LogP contribution < -0.4 is 5.32 Å². The zero-order valence-electron chi connectivity index (χ0n) is 23.9. The van der Waals surface area contributed by atoms with Crippen LogP contribution >= 0.6 is 0 Å². The van der Waals surface area contributed by atoms with Crippen molar-refractivity contribution in [1.82, 2.24) is 40.2 Å². The van der Waals surface area contributed by atoms with E-state index in [0.29, 0.717) is 11.5 Å². The van der Waals surface area contributed by atoms with Gasteiger partial charge in [0.25, 0.3) is 0 Å². The first kappa shape index (κ1) is 25.6. The van der Waals surface area contributed by atoms with Gasteiger partial charge in [0, 0.05) is 29.4 Å². The molecule has 41 heavy (non-hydrogen) atoms. The summed E-state index contributed by atoms with van der Waals surface area (Å²) in [6.07, 6.45) is 9.80. The van der Waals surface area contributed by atoms with E-state index in [1.165, 1.54) is 5.56 Å². The number of benzene rings is 1. The lowest BCUT2D eigenvalue weighted by Gasteiger charge is -2.19. The minimum absolute atomic E-state index is 0.0407. The highest BCUT2D eigenvalue weighted by Gasteiger charge is 2.44. The Morgan fingerprint density at radius 1 is 1.17 bits per heavy atom. The first-order valence-electron chi connectivity index (χ1n) is 14.5. The van der Waals surface area contributed by atoms with Gasteiger partial charge in [0.05, 0.1) is 22.8 Å². The molecule has 0 spiro atoms. The summed E-state index contributed by atoms with van der Waals surface area (Å²) in [5.41, 5.74) is 7.94. The van der Waals surface area contributed by atoms with Crippen LogP contribution in [0.15, 0.2) is 41.2 Å². The maximum atomic E-state index is 13.1. The van der Waals surface area contributed by atoms with Crippen LogP contribution in [-0.4, -0.2) is 40.8 Å². The molecule has 1 amide bonds. The van der Waals surface area contributed by atoms with E-state index in [9.17, 15) is 4.79 Å². The largest absolute Gasteiger partial charge is 0.341 e. The molecule has 210 valence electrons. The van der Waals surface area contributed by atoms with Crippen molar-refractivity contribution in [2.75, 3.05) is 0 Å². The van der Waals surface area contributed by atoms with Crippen molar-refractivity contribution in [3.05, 3.63) is 65.2 Å². The van der Waals surface area contributed by atoms with E-state index < -0.39 is 0 Å². The Morgan fingerprint density at radius 2 is 2.02 bits per heavy atom. The third-order valence-electron chi connectivity index (χ3n) is 8.58. The van der Waals surface area contributed by atoms with E-state index in [-0.39, 0.29) is 29.3 Å². The van der Waals surface area contributed by atoms with E-state index in [1.54, 1.807) is 0 Å². The number of hydrogen-bond donors (Lipinski definition) is 2. The van der Waals surface area contributed by atoms with Crippen LogP contribution in [0.3, 0.4) is 0 Å². The molecular formula is C31H34N8O2. The number of nitrogens with one attached hydrogen (secondary N) is 2. The highest BCUT2D eigenvalue weighted by molar-refractivity contribution is 5.92. The Hall–Kier alpha value is -4.34. The average Bonchev–Trinajstić information content (AvgIpc) is 3.30. The molecule has 4 aromatic heterocycles. The van der Waals surface area contributed by atoms with Gasteiger partial charge in [-0.3, -0.25) is 9.48 Å². The number of amides is 1. The zero-order valence-corrected chi connectivity index (χ0v) is 23.9. The van der Waals surface area contributed by atoms with Gasteiger partial charge in [-0.15, -0.1) is 0 Å². The molecule has 0 bridgehead atoms. The molecule has 5 aromatic rings. The molecule has 1 aromatic carbocycles. The number of aromatic amines is 1. The van der Waals surface area contributed by atoms with Crippen LogP contribution in [0.4, 0.5) is 0 Å². The normalized spacial score (nSPS) is 17.9. The number of fused-ring (bicyclic) bond motifs is 2. The van der Waals surface area contributed by atoms with Crippen LogP contribution in [0.1, 0.15) is 98.3 Å². The Balaban J connectivity index is 1.19. The molecule has 2 aliphatic rings. The minimum atomic E-state index is -0.313. The fourth-order valence-corrected chi connectivity index (χ4v) is 5.75. The maximum absolute atomic E-state index is 13.1. The van der Waals surface area contributed by atoms with Crippen molar-refractivity contribution in [3.63, 3.8) is 0 Å². The fourth-order valence-electron chi connectivity index (χ4n) is 5.75. The smallest absolute Gasteiger partial charge is 0.315 e. The van der Waals surface area contributed by atoms with Crippen molar-refractivity contribution >= 4 is 17.1 Å². The van der Waals surface area contributed by atoms with Gasteiger partial charge in [-0.2, -0.15) is 10.1 Å². The Bertz CT molecular complexity index is 1770. The molecule has 10 heteroatoms. The standard InChI is InChI=1S/C31H34N8O2/c1-17(2)39-16-23(18(3)37-39)26-34-25-22(11-14-32-27(25)35-26)20-9-10-21-19(15-20)7-5-6-8-24(21)33-28(40)29-36-30(38-41-29)31(4)12-13-31/h9-11,14-17,24H,5-8,12-13H2,1-4H3,(H,33,40)(H,32,34,35). The average molecular weight is 551 g/mol. The number of carbonyl (C=O) groups is 1. The monoisotopic (exact) mass is 550 g/mol. The molecule has 1 atom stereocenters. The van der Waals surface area contributed by atoms with Gasteiger partial charge in [-0.25, -0.2) is 9.97 Å². The quantitative estimate of drug-likeness (QED) is 0.248. The molecule has 4 heterocycles. The molecule has 0 radical (unpaired) electrons. The molecule has 2 aliphatic carbocycles. The summed E-state index contributed by atoms with van der Waals surface area (Å²) in [7, 11) is 0. The first-order chi connectivity index (χ1) is 19.8. The van der Waals surface area contributed by atoms with E-state index in [0.717, 1.165) is 77.8 Å². The summed E-state index contributed by atoms with van der Waals surface area (Å²) in [4.78, 5) is 30.4. The first-order valence-corrected chi connectivity index (χ1v) is 14.5. The number of nitrogens with zero attached hydrogens (tertiary/aromatic N) is 6. The van der Waals surface area contributed by atoms with Gasteiger partial charge >= 0.3 is 11.8 Å². The molecule has 1 unspecified atom stereocenters. The van der Waals surface area contributed by atoms with Gasteiger partial charge in [0.2, 0.25) is 0 Å². The lowest BCUT2D eigenvalue weighted by Crippen LogP contribution is -2.29. The van der Waals surface area contributed by atoms with Gasteiger partial charge in [-0.1, -0.05) is 36.7 Å². The van der Waals surface area contributed by atoms with Crippen LogP contribution in [-0.2, 0) is 11.8 Å². The number of rotatable bonds is 6. The predicted octanol–water partition coefficient (Wildman–Crippen LogP) is 6.01. The molecule has 10 nitrogen and oxygen atoms in total. The van der Waals surface area contributed by atoms with E-state index >= 15 is 0 Å². The fraction of sp³-hybridized carbons (Fsp3) is 0.419. The van der Waals surface area contributed by atoms with Crippen molar-refractivity contribution < 1.29 is 9.32 Å². The minimum Gasteiger partial charge on any atom is -0.341 e. The Kier molecular flexibility index (Phi) is 6.02. The second-order valence-electron chi connectivity index (χ2n) is 12.0. The molecule has 1 saturated carbocycles. The molecular weight excluding hydrogens is 516 g/mol. The summed E-state index contributed by atoms with van der Waals surface area (Å²) in [5, 5.41) is 11.9. The summed E-state index contributed by atoms with van der Waals surface area (Å²) < 4.78 is 7.29. The molecule has 2 N–H and O–H groups in total. The Morgan fingerprint density at radius 3 is 2.80 bits per heavy atom. The zero-order chi connectivity index (χ0) is 28.3. The predicted molar refractivity (Wildman–Crippen MR) is 154 cm³/mol. The number of aryl methyl sites for hydroxylation is 2. The van der Waals surface area contributed by atoms with Gasteiger partial charge in [0.1, 0.15) is 5.82 Å². The van der Waals surface area contributed by atoms with Gasteiger partial charge in [-0.05, 0) is 75.6 Å². The van der Waals surface area contributed by atoms with E-state index in [2.05, 4.69) is 69.5 Å². The molecule has 7 rings (SSSR count). The third-order valence-corrected chi connectivity index (χ3v) is 8.58. The summed E-state index contributed by atoms with van der Waals surface area (Å²) in [5.74, 6) is 1.12. The lowest BCUT2D eigenvalue weighted by molar-refractivity contribution is 0.0890. The van der Waals surface area contributed by atoms with Crippen LogP contribution in [0.25, 0.3) is 33.7 Å². The molecule has 1 fully saturated rings. The number of carbonyl (C=O) groups excluding carboxylic acids is 1. The number of pyridine rings is 1. The lowest BCUT2D eigenvalue weighted by atomic mass is 9.94. The molecule has 0 aliphatic heterocycles. The Labute approximate surface area is 238 Å². The van der Waals surface area contributed by atoms with Crippen molar-refractivity contribution in [2.45, 2.75) is 83.7 Å². The third kappa shape index (κ3) is 4.61. The number of hydrogen-bond acceptors (Lipinski definition) is 7. The van der Waals surface area contributed by atoms with Crippen LogP contribution in [0.2, 0.25) is 0 Å². The highest BCUT2D eigenvalue weighted by Crippen LogP contribution is 2.46. The summed E-state index contributed by atoms with van der Waals surface area (Å²) in [6.45, 7) is 8.32. The van der Waals surface area contributed by atoms with Crippen LogP contribution in [0, 0.1) is 6.92 Å². The number of imidazole rings is 1. The van der Waals surface area contributed by atoms with E-state index in [4.69, 9.17) is 9.51 Å². The van der Waals surface area contributed by atoms with Crippen LogP contribution in [0.5, 0.6) is 0 Å². The van der Waals surface area contributed by atoms with Crippen molar-refractivity contribution in [3.8, 4) is 22.5 Å². The second kappa shape index (κ2) is 9.64. The SMILES string of the molecule is Cc1nn(C(C)C)cc1-c1nc2nccc(-c3ccc4c(c3)CCCCC4NC(=O)c3nc(C4(C)CC4)no3)c2[nH]1. The van der Waals surface area contributed by atoms with Crippen molar-refractivity contribution in [1.29, 1.82) is 0 Å². The summed E-state index contributed by atoms with van der Waals surface area (Å²) in [6, 6.07) is 8.70.